The van der Waals surface area contributed by atoms with Crippen LogP contribution in [0.15, 0.2) is 5.38 Å². The van der Waals surface area contributed by atoms with Crippen molar-refractivity contribution in [3.63, 3.8) is 0 Å². The minimum atomic E-state index is 0.402. The summed E-state index contributed by atoms with van der Waals surface area (Å²) in [6.45, 7) is 6.97. The predicted molar refractivity (Wildman–Crippen MR) is 57.6 cm³/mol. The van der Waals surface area contributed by atoms with Crippen LogP contribution < -0.4 is 5.32 Å². The number of nitrogens with zero attached hydrogens (tertiary/aromatic N) is 1. The van der Waals surface area contributed by atoms with E-state index < -0.39 is 0 Å². The zero-order chi connectivity index (χ0) is 9.97. The Hall–Kier alpha value is -0.450. The second-order valence-corrected chi connectivity index (χ2v) is 4.81. The maximum Gasteiger partial charge on any atom is 0.0954 e. The molecule has 0 amide bonds. The maximum atomic E-state index is 5.64. The Kier molecular flexibility index (Phi) is 3.15. The van der Waals surface area contributed by atoms with Crippen molar-refractivity contribution in [3.8, 4) is 0 Å². The number of thiazole rings is 1. The van der Waals surface area contributed by atoms with Gasteiger partial charge in [-0.05, 0) is 0 Å². The zero-order valence-corrected chi connectivity index (χ0v) is 9.43. The molecule has 1 aromatic heterocycles. The second kappa shape index (κ2) is 4.38. The summed E-state index contributed by atoms with van der Waals surface area (Å²) in [6, 6.07) is 0. The lowest BCUT2D eigenvalue weighted by Gasteiger charge is -2.26. The molecule has 14 heavy (non-hydrogen) atoms. The van der Waals surface area contributed by atoms with Crippen molar-refractivity contribution in [2.45, 2.75) is 32.5 Å². The van der Waals surface area contributed by atoms with Crippen LogP contribution in [0.25, 0.3) is 0 Å². The third-order valence-electron chi connectivity index (χ3n) is 2.27. The van der Waals surface area contributed by atoms with Gasteiger partial charge < -0.3 is 10.1 Å². The first kappa shape index (κ1) is 10.1. The van der Waals surface area contributed by atoms with Crippen molar-refractivity contribution in [2.24, 2.45) is 0 Å². The van der Waals surface area contributed by atoms with Crippen LogP contribution in [0.3, 0.4) is 0 Å². The molecule has 2 rings (SSSR count). The molecule has 0 unspecified atom stereocenters. The van der Waals surface area contributed by atoms with Crippen LogP contribution in [0.2, 0.25) is 0 Å². The van der Waals surface area contributed by atoms with Crippen molar-refractivity contribution >= 4 is 11.3 Å². The number of hydrogen-bond donors (Lipinski definition) is 1. The van der Waals surface area contributed by atoms with Crippen molar-refractivity contribution < 1.29 is 4.74 Å². The Labute approximate surface area is 88.5 Å². The molecule has 0 atom stereocenters. The number of aromatic nitrogens is 1. The van der Waals surface area contributed by atoms with Gasteiger partial charge in [0.15, 0.2) is 0 Å². The molecule has 0 aromatic carbocycles. The minimum Gasteiger partial charge on any atom is -0.369 e. The van der Waals surface area contributed by atoms with Gasteiger partial charge in [-0.15, -0.1) is 11.3 Å². The molecule has 0 saturated carbocycles. The summed E-state index contributed by atoms with van der Waals surface area (Å²) in [4.78, 5) is 4.51. The Balaban J connectivity index is 1.83. The molecular weight excluding hydrogens is 196 g/mol. The number of nitrogens with one attached hydrogen (secondary N) is 1. The fraction of sp³-hybridized carbons (Fsp3) is 0.700. The van der Waals surface area contributed by atoms with Gasteiger partial charge in [0.1, 0.15) is 0 Å². The molecule has 78 valence electrons. The minimum absolute atomic E-state index is 0.402. The van der Waals surface area contributed by atoms with Crippen molar-refractivity contribution in [1.29, 1.82) is 0 Å². The van der Waals surface area contributed by atoms with E-state index in [1.807, 2.05) is 0 Å². The normalized spacial score (nSPS) is 17.4. The maximum absolute atomic E-state index is 5.64. The average molecular weight is 212 g/mol. The molecule has 0 aliphatic carbocycles. The monoisotopic (exact) mass is 212 g/mol. The molecule has 2 heterocycles. The van der Waals surface area contributed by atoms with Crippen LogP contribution in [-0.4, -0.2) is 24.2 Å². The molecular formula is C10H16N2OS. The van der Waals surface area contributed by atoms with Crippen LogP contribution in [0.4, 0.5) is 0 Å². The van der Waals surface area contributed by atoms with Gasteiger partial charge >= 0.3 is 0 Å². The summed E-state index contributed by atoms with van der Waals surface area (Å²) in [7, 11) is 0. The second-order valence-electron chi connectivity index (χ2n) is 3.92. The molecule has 0 spiro atoms. The van der Waals surface area contributed by atoms with Crippen LogP contribution >= 0.6 is 11.3 Å². The summed E-state index contributed by atoms with van der Waals surface area (Å²) in [5.41, 5.74) is 1.07. The molecule has 0 radical (unpaired) electrons. The van der Waals surface area contributed by atoms with E-state index in [9.17, 15) is 0 Å². The quantitative estimate of drug-likeness (QED) is 0.825. The van der Waals surface area contributed by atoms with Gasteiger partial charge in [0.25, 0.3) is 0 Å². The Morgan fingerprint density at radius 2 is 2.43 bits per heavy atom. The van der Waals surface area contributed by atoms with Crippen LogP contribution in [0.1, 0.15) is 30.5 Å². The van der Waals surface area contributed by atoms with Gasteiger partial charge in [-0.1, -0.05) is 13.8 Å². The molecule has 4 heteroatoms. The van der Waals surface area contributed by atoms with Crippen LogP contribution in [0.5, 0.6) is 0 Å². The van der Waals surface area contributed by atoms with E-state index in [0.717, 1.165) is 18.8 Å². The standard InChI is InChI=1S/C10H16N2OS/c1-7(2)10-12-8(6-14-10)5-13-9-3-11-4-9/h6-7,9,11H,3-5H2,1-2H3. The third-order valence-corrected chi connectivity index (χ3v) is 3.47. The Morgan fingerprint density at radius 3 is 2.93 bits per heavy atom. The molecule has 1 saturated heterocycles. The summed E-state index contributed by atoms with van der Waals surface area (Å²) in [5, 5.41) is 6.48. The van der Waals surface area contributed by atoms with Gasteiger partial charge in [0.05, 0.1) is 23.4 Å². The summed E-state index contributed by atoms with van der Waals surface area (Å²) in [5.74, 6) is 0.527. The number of ether oxygens (including phenoxy) is 1. The van der Waals surface area contributed by atoms with Crippen molar-refractivity contribution in [1.82, 2.24) is 10.3 Å². The lowest BCUT2D eigenvalue weighted by molar-refractivity contribution is 0.00621. The van der Waals surface area contributed by atoms with E-state index in [4.69, 9.17) is 4.74 Å². The SMILES string of the molecule is CC(C)c1nc(COC2CNC2)cs1. The number of rotatable bonds is 4. The summed E-state index contributed by atoms with van der Waals surface area (Å²) in [6.07, 6.45) is 0.402. The van der Waals surface area contributed by atoms with Gasteiger partial charge in [0.2, 0.25) is 0 Å². The van der Waals surface area contributed by atoms with E-state index in [1.165, 1.54) is 5.01 Å². The smallest absolute Gasteiger partial charge is 0.0954 e. The first-order valence-electron chi connectivity index (χ1n) is 5.02. The van der Waals surface area contributed by atoms with Gasteiger partial charge in [-0.3, -0.25) is 0 Å². The fourth-order valence-electron chi connectivity index (χ4n) is 1.24. The molecule has 3 nitrogen and oxygen atoms in total. The molecule has 1 aliphatic heterocycles. The average Bonchev–Trinajstić information content (AvgIpc) is 2.50. The topological polar surface area (TPSA) is 34.1 Å². The van der Waals surface area contributed by atoms with E-state index >= 15 is 0 Å². The lowest BCUT2D eigenvalue weighted by Crippen LogP contribution is -2.48. The van der Waals surface area contributed by atoms with Crippen LogP contribution in [0, 0.1) is 0 Å². The summed E-state index contributed by atoms with van der Waals surface area (Å²) >= 11 is 1.73. The highest BCUT2D eigenvalue weighted by Gasteiger charge is 2.17. The predicted octanol–water partition coefficient (Wildman–Crippen LogP) is 1.75. The largest absolute Gasteiger partial charge is 0.369 e. The van der Waals surface area contributed by atoms with Crippen LogP contribution in [-0.2, 0) is 11.3 Å². The molecule has 1 aromatic rings. The zero-order valence-electron chi connectivity index (χ0n) is 8.62. The van der Waals surface area contributed by atoms with Gasteiger partial charge in [-0.2, -0.15) is 0 Å². The Bertz CT molecular complexity index is 294. The highest BCUT2D eigenvalue weighted by Crippen LogP contribution is 2.19. The third kappa shape index (κ3) is 2.32. The Morgan fingerprint density at radius 1 is 1.64 bits per heavy atom. The first-order chi connectivity index (χ1) is 6.75. The summed E-state index contributed by atoms with van der Waals surface area (Å²) < 4.78 is 5.64. The molecule has 1 fully saturated rings. The highest BCUT2D eigenvalue weighted by molar-refractivity contribution is 7.09. The molecule has 0 bridgehead atoms. The van der Waals surface area contributed by atoms with E-state index in [-0.39, 0.29) is 0 Å². The lowest BCUT2D eigenvalue weighted by atomic mass is 10.2. The van der Waals surface area contributed by atoms with Crippen molar-refractivity contribution in [3.05, 3.63) is 16.1 Å². The first-order valence-corrected chi connectivity index (χ1v) is 5.90. The molecule has 1 aliphatic rings. The van der Waals surface area contributed by atoms with Crippen molar-refractivity contribution in [2.75, 3.05) is 13.1 Å². The van der Waals surface area contributed by atoms with Gasteiger partial charge in [-0.25, -0.2) is 4.98 Å². The van der Waals surface area contributed by atoms with E-state index in [1.54, 1.807) is 11.3 Å². The highest BCUT2D eigenvalue weighted by atomic mass is 32.1. The van der Waals surface area contributed by atoms with Gasteiger partial charge in [0, 0.05) is 24.4 Å². The number of hydrogen-bond acceptors (Lipinski definition) is 4. The molecule has 1 N–H and O–H groups in total. The van der Waals surface area contributed by atoms with E-state index in [0.29, 0.717) is 18.6 Å². The fourth-order valence-corrected chi connectivity index (χ4v) is 2.06. The van der Waals surface area contributed by atoms with E-state index in [2.05, 4.69) is 29.5 Å².